The van der Waals surface area contributed by atoms with Gasteiger partial charge in [0.05, 0.1) is 13.2 Å². The molecule has 0 radical (unpaired) electrons. The van der Waals surface area contributed by atoms with Gasteiger partial charge < -0.3 is 9.64 Å². The smallest absolute Gasteiger partial charge is 0.0594 e. The second kappa shape index (κ2) is 7.24. The highest BCUT2D eigenvalue weighted by Gasteiger charge is 2.35. The molecule has 3 fully saturated rings. The number of likely N-dealkylation sites (tertiary alicyclic amines) is 1. The number of piperidine rings is 1. The number of nitrogens with zero attached hydrogens (tertiary/aromatic N) is 2. The van der Waals surface area contributed by atoms with E-state index in [0.29, 0.717) is 0 Å². The van der Waals surface area contributed by atoms with Crippen LogP contribution in [0.25, 0.3) is 0 Å². The highest BCUT2D eigenvalue weighted by Crippen LogP contribution is 2.44. The lowest BCUT2D eigenvalue weighted by molar-refractivity contribution is 0.0326. The summed E-state index contributed by atoms with van der Waals surface area (Å²) < 4.78 is 5.41. The summed E-state index contributed by atoms with van der Waals surface area (Å²) in [5.41, 5.74) is 0.763. The van der Waals surface area contributed by atoms with Gasteiger partial charge in [-0.3, -0.25) is 4.90 Å². The van der Waals surface area contributed by atoms with E-state index >= 15 is 0 Å². The minimum atomic E-state index is 0.763. The summed E-state index contributed by atoms with van der Waals surface area (Å²) in [6, 6.07) is 0. The molecule has 0 amide bonds. The lowest BCUT2D eigenvalue weighted by Gasteiger charge is -2.44. The van der Waals surface area contributed by atoms with Crippen LogP contribution in [0.15, 0.2) is 0 Å². The first-order valence-electron chi connectivity index (χ1n) is 8.89. The van der Waals surface area contributed by atoms with Gasteiger partial charge in [0.15, 0.2) is 0 Å². The van der Waals surface area contributed by atoms with Crippen LogP contribution in [0.3, 0.4) is 0 Å². The fourth-order valence-corrected chi connectivity index (χ4v) is 4.40. The molecule has 0 aromatic rings. The third-order valence-corrected chi connectivity index (χ3v) is 5.88. The Morgan fingerprint density at radius 1 is 0.700 bits per heavy atom. The van der Waals surface area contributed by atoms with Gasteiger partial charge in [0.2, 0.25) is 0 Å². The molecule has 20 heavy (non-hydrogen) atoms. The Hall–Kier alpha value is -0.120. The summed E-state index contributed by atoms with van der Waals surface area (Å²) in [4.78, 5) is 5.29. The lowest BCUT2D eigenvalue weighted by atomic mass is 9.68. The minimum absolute atomic E-state index is 0.763. The first kappa shape index (κ1) is 14.8. The first-order valence-corrected chi connectivity index (χ1v) is 8.89. The molecule has 3 aliphatic rings. The van der Waals surface area contributed by atoms with Crippen LogP contribution in [-0.4, -0.2) is 62.3 Å². The molecule has 2 saturated heterocycles. The molecule has 1 aliphatic carbocycles. The predicted molar refractivity (Wildman–Crippen MR) is 83.1 cm³/mol. The Morgan fingerprint density at radius 3 is 1.95 bits per heavy atom. The van der Waals surface area contributed by atoms with Gasteiger partial charge in [-0.05, 0) is 63.7 Å². The van der Waals surface area contributed by atoms with Crippen LogP contribution in [0.5, 0.6) is 0 Å². The molecule has 2 heterocycles. The van der Waals surface area contributed by atoms with Crippen molar-refractivity contribution >= 4 is 0 Å². The van der Waals surface area contributed by atoms with Crippen molar-refractivity contribution in [3.8, 4) is 0 Å². The van der Waals surface area contributed by atoms with Crippen LogP contribution in [0.1, 0.15) is 51.4 Å². The fraction of sp³-hybridized carbons (Fsp3) is 1.00. The third-order valence-electron chi connectivity index (χ3n) is 5.88. The molecule has 116 valence electrons. The van der Waals surface area contributed by atoms with Crippen molar-refractivity contribution in [3.63, 3.8) is 0 Å². The molecular formula is C17H32N2O. The molecule has 1 spiro atoms. The summed E-state index contributed by atoms with van der Waals surface area (Å²) in [5, 5.41) is 0. The molecule has 0 atom stereocenters. The molecule has 0 aromatic heterocycles. The van der Waals surface area contributed by atoms with Gasteiger partial charge >= 0.3 is 0 Å². The maximum Gasteiger partial charge on any atom is 0.0594 e. The van der Waals surface area contributed by atoms with E-state index in [9.17, 15) is 0 Å². The number of ether oxygens (including phenoxy) is 1. The average Bonchev–Trinajstić information content (AvgIpc) is 2.52. The van der Waals surface area contributed by atoms with E-state index in [1.807, 2.05) is 0 Å². The zero-order valence-corrected chi connectivity index (χ0v) is 13.1. The molecule has 1 saturated carbocycles. The third kappa shape index (κ3) is 3.96. The Balaban J connectivity index is 1.32. The summed E-state index contributed by atoms with van der Waals surface area (Å²) in [6.45, 7) is 9.47. The topological polar surface area (TPSA) is 15.7 Å². The highest BCUT2D eigenvalue weighted by atomic mass is 16.5. The summed E-state index contributed by atoms with van der Waals surface area (Å²) >= 11 is 0. The number of rotatable bonds is 4. The standard InChI is InChI=1S/C17H32N2O/c1-2-5-17(6-3-1)7-11-18(12-8-17)9-4-10-19-13-15-20-16-14-19/h1-16H2. The predicted octanol–water partition coefficient (Wildman–Crippen LogP) is 2.76. The minimum Gasteiger partial charge on any atom is -0.379 e. The molecule has 3 rings (SSSR count). The zero-order valence-electron chi connectivity index (χ0n) is 13.1. The second-order valence-corrected chi connectivity index (χ2v) is 7.21. The molecule has 0 unspecified atom stereocenters. The molecule has 3 nitrogen and oxygen atoms in total. The first-order chi connectivity index (χ1) is 9.86. The van der Waals surface area contributed by atoms with Crippen molar-refractivity contribution in [2.75, 3.05) is 52.5 Å². The zero-order chi connectivity index (χ0) is 13.7. The van der Waals surface area contributed by atoms with Gasteiger partial charge in [-0.15, -0.1) is 0 Å². The van der Waals surface area contributed by atoms with E-state index in [4.69, 9.17) is 4.74 Å². The van der Waals surface area contributed by atoms with Gasteiger partial charge in [-0.2, -0.15) is 0 Å². The fourth-order valence-electron chi connectivity index (χ4n) is 4.40. The molecule has 0 bridgehead atoms. The van der Waals surface area contributed by atoms with Crippen molar-refractivity contribution in [2.45, 2.75) is 51.4 Å². The van der Waals surface area contributed by atoms with Crippen LogP contribution >= 0.6 is 0 Å². The second-order valence-electron chi connectivity index (χ2n) is 7.21. The quantitative estimate of drug-likeness (QED) is 0.787. The van der Waals surface area contributed by atoms with Crippen molar-refractivity contribution in [1.82, 2.24) is 9.80 Å². The summed E-state index contributed by atoms with van der Waals surface area (Å²) in [7, 11) is 0. The van der Waals surface area contributed by atoms with Crippen molar-refractivity contribution < 1.29 is 4.74 Å². The van der Waals surface area contributed by atoms with Crippen molar-refractivity contribution in [1.29, 1.82) is 0 Å². The van der Waals surface area contributed by atoms with Crippen LogP contribution < -0.4 is 0 Å². The number of morpholine rings is 1. The molecule has 3 heteroatoms. The number of hydrogen-bond acceptors (Lipinski definition) is 3. The normalized spacial score (nSPS) is 28.8. The van der Waals surface area contributed by atoms with Crippen molar-refractivity contribution in [3.05, 3.63) is 0 Å². The van der Waals surface area contributed by atoms with E-state index in [1.54, 1.807) is 0 Å². The SMILES string of the molecule is C1CCC2(CC1)CCN(CCCN1CCOCC1)CC2. The van der Waals surface area contributed by atoms with Crippen LogP contribution in [0.4, 0.5) is 0 Å². The molecule has 0 aromatic carbocycles. The van der Waals surface area contributed by atoms with Crippen molar-refractivity contribution in [2.24, 2.45) is 5.41 Å². The summed E-state index contributed by atoms with van der Waals surface area (Å²) in [5.74, 6) is 0. The maximum atomic E-state index is 5.41. The van der Waals surface area contributed by atoms with Gasteiger partial charge in [0.25, 0.3) is 0 Å². The monoisotopic (exact) mass is 280 g/mol. The largest absolute Gasteiger partial charge is 0.379 e. The van der Waals surface area contributed by atoms with E-state index in [1.165, 1.54) is 77.5 Å². The van der Waals surface area contributed by atoms with Crippen LogP contribution in [0.2, 0.25) is 0 Å². The molecular weight excluding hydrogens is 248 g/mol. The van der Waals surface area contributed by atoms with E-state index in [0.717, 1.165) is 31.7 Å². The van der Waals surface area contributed by atoms with Crippen LogP contribution in [-0.2, 0) is 4.74 Å². The van der Waals surface area contributed by atoms with E-state index in [-0.39, 0.29) is 0 Å². The maximum absolute atomic E-state index is 5.41. The van der Waals surface area contributed by atoms with Gasteiger partial charge in [-0.25, -0.2) is 0 Å². The van der Waals surface area contributed by atoms with E-state index < -0.39 is 0 Å². The Bertz CT molecular complexity index is 273. The van der Waals surface area contributed by atoms with Gasteiger partial charge in [0.1, 0.15) is 0 Å². The van der Waals surface area contributed by atoms with Gasteiger partial charge in [0, 0.05) is 13.1 Å². The Morgan fingerprint density at radius 2 is 1.30 bits per heavy atom. The molecule has 0 N–H and O–H groups in total. The Labute approximate surface area is 124 Å². The Kier molecular flexibility index (Phi) is 5.36. The van der Waals surface area contributed by atoms with Crippen LogP contribution in [0, 0.1) is 5.41 Å². The van der Waals surface area contributed by atoms with Gasteiger partial charge in [-0.1, -0.05) is 19.3 Å². The molecule has 2 aliphatic heterocycles. The van der Waals surface area contributed by atoms with E-state index in [2.05, 4.69) is 9.80 Å². The lowest BCUT2D eigenvalue weighted by Crippen LogP contribution is -2.42. The number of hydrogen-bond donors (Lipinski definition) is 0. The highest BCUT2D eigenvalue weighted by molar-refractivity contribution is 4.88. The summed E-state index contributed by atoms with van der Waals surface area (Å²) in [6.07, 6.45) is 11.8. The average molecular weight is 280 g/mol.